The zero-order valence-corrected chi connectivity index (χ0v) is 30.9. The fourth-order valence-corrected chi connectivity index (χ4v) is 6.15. The lowest BCUT2D eigenvalue weighted by Gasteiger charge is -2.45. The first-order valence-electron chi connectivity index (χ1n) is 17.5. The van der Waals surface area contributed by atoms with Crippen LogP contribution in [0.4, 0.5) is 0 Å². The summed E-state index contributed by atoms with van der Waals surface area (Å²) in [4.78, 5) is 38.6. The predicted octanol–water partition coefficient (Wildman–Crippen LogP) is 0.742. The van der Waals surface area contributed by atoms with Gasteiger partial charge in [0.1, 0.15) is 55.4 Å². The topological polar surface area (TPSA) is 239 Å². The van der Waals surface area contributed by atoms with Gasteiger partial charge in [0.15, 0.2) is 24.5 Å². The van der Waals surface area contributed by atoms with Crippen molar-refractivity contribution in [3.05, 3.63) is 70.9 Å². The molecule has 3 aliphatic rings. The van der Waals surface area contributed by atoms with Gasteiger partial charge in [-0.25, -0.2) is 0 Å². The van der Waals surface area contributed by atoms with Crippen LogP contribution in [0.2, 0.25) is 0 Å². The van der Waals surface area contributed by atoms with Crippen molar-refractivity contribution in [3.8, 4) is 0 Å². The lowest BCUT2D eigenvalue weighted by molar-refractivity contribution is -0.355. The van der Waals surface area contributed by atoms with Crippen LogP contribution in [0.5, 0.6) is 0 Å². The Hall–Kier alpha value is -3.35. The smallest absolute Gasteiger partial charge is 0.307 e. The molecule has 2 fully saturated rings. The van der Waals surface area contributed by atoms with Crippen LogP contribution in [-0.2, 0) is 38.1 Å². The number of rotatable bonds is 14. The second-order valence-corrected chi connectivity index (χ2v) is 14.0. The molecular weight excluding hydrogens is 696 g/mol. The van der Waals surface area contributed by atoms with Gasteiger partial charge in [0.05, 0.1) is 19.4 Å². The third kappa shape index (κ3) is 11.8. The molecule has 0 aromatic rings. The van der Waals surface area contributed by atoms with Crippen LogP contribution in [0, 0.1) is 5.41 Å². The third-order valence-corrected chi connectivity index (χ3v) is 9.29. The number of aliphatic hydroxyl groups excluding tert-OH is 7. The minimum absolute atomic E-state index is 0.224. The highest BCUT2D eigenvalue weighted by atomic mass is 16.7. The van der Waals surface area contributed by atoms with Crippen molar-refractivity contribution in [1.82, 2.24) is 0 Å². The lowest BCUT2D eigenvalue weighted by atomic mass is 9.71. The summed E-state index contributed by atoms with van der Waals surface area (Å²) in [5.41, 5.74) is 2.84. The summed E-state index contributed by atoms with van der Waals surface area (Å²) in [6.45, 7) is 10.1. The van der Waals surface area contributed by atoms with Crippen molar-refractivity contribution in [2.45, 2.75) is 128 Å². The Balaban J connectivity index is 1.57. The van der Waals surface area contributed by atoms with E-state index < -0.39 is 111 Å². The Morgan fingerprint density at radius 2 is 1.49 bits per heavy atom. The standard InChI is InChI=1S/C38H54O15/c1-7-8-10-20(2)11-9-12-21(3)13-14-23-22(4)29(42)24(17-38(23,5)6)50-28(41)16-15-27(40)49-19-26-35(32(45)33(46)36(48)51-26)53-37-34(47)31(44)30(43)25(18-39)52-37/h7-14,24-26,30-37,39,43-48H,15-19H2,1-6H3/b8-7+,11-9+,14-13+,20-10+,21-12+. The Labute approximate surface area is 309 Å². The van der Waals surface area contributed by atoms with Crippen molar-refractivity contribution < 1.29 is 73.8 Å². The number of aliphatic hydroxyl groups is 7. The van der Waals surface area contributed by atoms with E-state index in [1.807, 2.05) is 83.2 Å². The van der Waals surface area contributed by atoms with Crippen molar-refractivity contribution in [3.63, 3.8) is 0 Å². The predicted molar refractivity (Wildman–Crippen MR) is 188 cm³/mol. The fraction of sp³-hybridized carbons (Fsp3) is 0.605. The SMILES string of the molecule is C/C=C/C=C(C)/C=C/C=C(C)/C=C/C1=C(C)C(=O)C(OC(=O)CCC(=O)OCC2OC(O)C(O)C(O)C2OC2OC(CO)C(O)C(O)C2O)CC1(C)C. The summed E-state index contributed by atoms with van der Waals surface area (Å²) in [5, 5.41) is 70.7. The van der Waals surface area contributed by atoms with E-state index in [1.165, 1.54) is 0 Å². The zero-order valence-electron chi connectivity index (χ0n) is 30.9. The normalized spacial score (nSPS) is 34.4. The fourth-order valence-electron chi connectivity index (χ4n) is 6.15. The zero-order chi connectivity index (χ0) is 39.6. The summed E-state index contributed by atoms with van der Waals surface area (Å²) in [7, 11) is 0. The van der Waals surface area contributed by atoms with Crippen LogP contribution in [0.25, 0.3) is 0 Å². The van der Waals surface area contributed by atoms with Gasteiger partial charge in [0.2, 0.25) is 0 Å². The highest BCUT2D eigenvalue weighted by Gasteiger charge is 2.50. The van der Waals surface area contributed by atoms with Gasteiger partial charge in [0.25, 0.3) is 0 Å². The monoisotopic (exact) mass is 750 g/mol. The highest BCUT2D eigenvalue weighted by molar-refractivity contribution is 6.01. The Kier molecular flexibility index (Phi) is 16.5. The van der Waals surface area contributed by atoms with Crippen molar-refractivity contribution in [1.29, 1.82) is 0 Å². The van der Waals surface area contributed by atoms with E-state index in [4.69, 9.17) is 23.7 Å². The molecule has 296 valence electrons. The molecule has 1 aliphatic carbocycles. The number of hydrogen-bond donors (Lipinski definition) is 7. The van der Waals surface area contributed by atoms with Gasteiger partial charge >= 0.3 is 11.9 Å². The van der Waals surface area contributed by atoms with Gasteiger partial charge in [-0.2, -0.15) is 0 Å². The van der Waals surface area contributed by atoms with Crippen LogP contribution in [-0.4, -0.2) is 134 Å². The second-order valence-electron chi connectivity index (χ2n) is 14.0. The number of esters is 2. The summed E-state index contributed by atoms with van der Waals surface area (Å²) < 4.78 is 26.8. The van der Waals surface area contributed by atoms with Crippen LogP contribution in [0.3, 0.4) is 0 Å². The van der Waals surface area contributed by atoms with E-state index in [-0.39, 0.29) is 12.2 Å². The molecule has 0 radical (unpaired) electrons. The van der Waals surface area contributed by atoms with Crippen molar-refractivity contribution in [2.75, 3.05) is 13.2 Å². The molecule has 0 spiro atoms. The van der Waals surface area contributed by atoms with E-state index >= 15 is 0 Å². The van der Waals surface area contributed by atoms with Gasteiger partial charge in [-0.1, -0.05) is 73.6 Å². The molecule has 0 aromatic carbocycles. The molecule has 15 heteroatoms. The number of allylic oxidation sites excluding steroid dienone is 11. The van der Waals surface area contributed by atoms with E-state index in [0.717, 1.165) is 16.7 Å². The van der Waals surface area contributed by atoms with E-state index in [0.29, 0.717) is 5.57 Å². The van der Waals surface area contributed by atoms with E-state index in [2.05, 4.69) is 0 Å². The van der Waals surface area contributed by atoms with E-state index in [9.17, 15) is 50.1 Å². The number of carbonyl (C=O) groups excluding carboxylic acids is 3. The number of ether oxygens (including phenoxy) is 5. The first kappa shape index (κ1) is 44.0. The molecule has 53 heavy (non-hydrogen) atoms. The lowest BCUT2D eigenvalue weighted by Crippen LogP contribution is -2.64. The van der Waals surface area contributed by atoms with Crippen LogP contribution < -0.4 is 0 Å². The first-order chi connectivity index (χ1) is 24.9. The van der Waals surface area contributed by atoms with Gasteiger partial charge in [0, 0.05) is 6.42 Å². The highest BCUT2D eigenvalue weighted by Crippen LogP contribution is 2.41. The summed E-state index contributed by atoms with van der Waals surface area (Å²) in [6.07, 6.45) is -3.26. The molecule has 11 unspecified atom stereocenters. The van der Waals surface area contributed by atoms with Crippen molar-refractivity contribution in [2.24, 2.45) is 5.41 Å². The number of Topliss-reactive ketones (excluding diaryl/α,β-unsaturated/α-hetero) is 1. The van der Waals surface area contributed by atoms with Crippen LogP contribution in [0.15, 0.2) is 70.9 Å². The van der Waals surface area contributed by atoms with Crippen LogP contribution in [0.1, 0.15) is 60.8 Å². The van der Waals surface area contributed by atoms with Gasteiger partial charge < -0.3 is 59.4 Å². The molecular formula is C38H54O15. The van der Waals surface area contributed by atoms with Gasteiger partial charge in [-0.05, 0) is 44.3 Å². The number of hydrogen-bond acceptors (Lipinski definition) is 15. The molecule has 0 bridgehead atoms. The summed E-state index contributed by atoms with van der Waals surface area (Å²) in [5.74, 6) is -2.06. The molecule has 2 aliphatic heterocycles. The average molecular weight is 751 g/mol. The van der Waals surface area contributed by atoms with Gasteiger partial charge in [-0.3, -0.25) is 14.4 Å². The maximum absolute atomic E-state index is 13.2. The molecule has 0 saturated carbocycles. The molecule has 2 saturated heterocycles. The third-order valence-electron chi connectivity index (χ3n) is 9.29. The van der Waals surface area contributed by atoms with Crippen LogP contribution >= 0.6 is 0 Å². The Bertz CT molecular complexity index is 1470. The Morgan fingerprint density at radius 3 is 2.15 bits per heavy atom. The summed E-state index contributed by atoms with van der Waals surface area (Å²) >= 11 is 0. The average Bonchev–Trinajstić information content (AvgIpc) is 3.11. The quantitative estimate of drug-likeness (QED) is 0.0958. The number of carbonyl (C=O) groups is 3. The molecule has 11 atom stereocenters. The molecule has 3 rings (SSSR count). The molecule has 0 aromatic heterocycles. The van der Waals surface area contributed by atoms with E-state index in [1.54, 1.807) is 6.92 Å². The molecule has 15 nitrogen and oxygen atoms in total. The van der Waals surface area contributed by atoms with Gasteiger partial charge in [-0.15, -0.1) is 0 Å². The first-order valence-corrected chi connectivity index (χ1v) is 17.5. The van der Waals surface area contributed by atoms with Crippen molar-refractivity contribution >= 4 is 17.7 Å². The largest absolute Gasteiger partial charge is 0.463 e. The molecule has 0 amide bonds. The molecule has 2 heterocycles. The second kappa shape index (κ2) is 19.8. The molecule has 7 N–H and O–H groups in total. The maximum Gasteiger partial charge on any atom is 0.307 e. The minimum atomic E-state index is -1.92. The summed E-state index contributed by atoms with van der Waals surface area (Å²) in [6, 6.07) is 0. The maximum atomic E-state index is 13.2. The number of ketones is 1. The minimum Gasteiger partial charge on any atom is -0.463 e. The Morgan fingerprint density at radius 1 is 0.849 bits per heavy atom.